The van der Waals surface area contributed by atoms with Gasteiger partial charge in [0, 0.05) is 50.5 Å². The zero-order valence-corrected chi connectivity index (χ0v) is 36.4. The van der Waals surface area contributed by atoms with Crippen LogP contribution in [0.25, 0.3) is 83.0 Å². The Morgan fingerprint density at radius 1 is 0.419 bits per heavy atom. The van der Waals surface area contributed by atoms with Gasteiger partial charge in [-0.25, -0.2) is 9.97 Å². The maximum atomic E-state index is 7.80. The number of hydrogen-bond donors (Lipinski definition) is 0. The van der Waals surface area contributed by atoms with Gasteiger partial charge >= 0.3 is 42.1 Å². The largest absolute Gasteiger partial charge is 2.00 e. The third kappa shape index (κ3) is 6.44. The number of ether oxygens (including phenoxy) is 2. The second-order valence-electron chi connectivity index (χ2n) is 14.0. The standard InChI is InChI=1S/C49H27N9O2.2Pt/c1-30-52-54-49(55-53-30)58-45-28-33(59-31-16-20-37-35-10-2-4-12-41(35)56(43(37)26-31)47-14-6-8-24-50-47)18-22-39(45)40-23-19-34(29-46(40)58)60-32-17-21-38-36-11-3-5-13-42(36)57(44(38)27-32)48-15-7-9-25-51-48;;/h2-25H,1H3;;/q-4;2*+2/i1D3;;. The smallest absolute Gasteiger partial charge is 0.509 e. The van der Waals surface area contributed by atoms with Crippen LogP contribution in [0.5, 0.6) is 23.0 Å². The number of hydrogen-bond acceptors (Lipinski definition) is 8. The zero-order valence-electron chi connectivity index (χ0n) is 34.8. The van der Waals surface area contributed by atoms with Gasteiger partial charge in [0.2, 0.25) is 0 Å². The van der Waals surface area contributed by atoms with Crippen molar-refractivity contribution in [2.75, 3.05) is 0 Å². The van der Waals surface area contributed by atoms with Crippen LogP contribution >= 0.6 is 0 Å². The summed E-state index contributed by atoms with van der Waals surface area (Å²) in [4.78, 5) is 9.27. The fourth-order valence-electron chi connectivity index (χ4n) is 8.01. The maximum Gasteiger partial charge on any atom is 2.00 e. The van der Waals surface area contributed by atoms with Gasteiger partial charge in [-0.1, -0.05) is 70.6 Å². The van der Waals surface area contributed by atoms with Crippen LogP contribution in [0.3, 0.4) is 0 Å². The molecule has 12 aromatic rings. The van der Waals surface area contributed by atoms with Crippen molar-refractivity contribution in [1.82, 2.24) is 44.1 Å². The Labute approximate surface area is 386 Å². The normalized spacial score (nSPS) is 12.3. The van der Waals surface area contributed by atoms with Gasteiger partial charge in [0.1, 0.15) is 11.6 Å². The SMILES string of the molecule is [2H]C([2H])([2H])c1nnc(-n2c3[c-]c(Oc4[c-]c5c(cc4)c4ccccc4n5-c4ccccn4)ccc3c3ccc(Oc4[c-]c5c(cc4)c4ccccc4n5-c4ccccn4)[c-]c32)nn1.[Pt+2].[Pt+2]. The number of rotatable bonds is 7. The van der Waals surface area contributed by atoms with Gasteiger partial charge in [-0.05, 0) is 54.0 Å². The first-order chi connectivity index (χ1) is 30.9. The van der Waals surface area contributed by atoms with E-state index in [0.717, 1.165) is 66.0 Å². The van der Waals surface area contributed by atoms with Crippen molar-refractivity contribution in [3.05, 3.63) is 176 Å². The second-order valence-corrected chi connectivity index (χ2v) is 14.0. The minimum absolute atomic E-state index is 0. The summed E-state index contributed by atoms with van der Waals surface area (Å²) in [5.74, 6) is 2.72. The van der Waals surface area contributed by atoms with Crippen LogP contribution in [-0.2, 0) is 42.1 Å². The van der Waals surface area contributed by atoms with Gasteiger partial charge in [0.15, 0.2) is 5.82 Å². The van der Waals surface area contributed by atoms with Gasteiger partial charge < -0.3 is 23.2 Å². The van der Waals surface area contributed by atoms with Crippen molar-refractivity contribution < 1.29 is 55.7 Å². The van der Waals surface area contributed by atoms with E-state index in [1.807, 2.05) is 109 Å². The Bertz CT molecular complexity index is 3530. The van der Waals surface area contributed by atoms with E-state index < -0.39 is 12.7 Å². The number of pyridine rings is 2. The molecule has 0 unspecified atom stereocenters. The van der Waals surface area contributed by atoms with Crippen LogP contribution in [0, 0.1) is 31.1 Å². The van der Waals surface area contributed by atoms with Crippen molar-refractivity contribution in [3.8, 4) is 40.6 Å². The molecule has 0 N–H and O–H groups in total. The van der Waals surface area contributed by atoms with Crippen LogP contribution in [0.4, 0.5) is 0 Å². The van der Waals surface area contributed by atoms with E-state index in [1.165, 1.54) is 0 Å². The summed E-state index contributed by atoms with van der Waals surface area (Å²) in [7, 11) is 0. The first kappa shape index (κ1) is 35.7. The molecule has 13 heteroatoms. The van der Waals surface area contributed by atoms with Crippen molar-refractivity contribution in [3.63, 3.8) is 0 Å². The number of aryl methyl sites for hydroxylation is 1. The first-order valence-electron chi connectivity index (χ1n) is 20.5. The van der Waals surface area contributed by atoms with Gasteiger partial charge in [-0.2, -0.15) is 35.0 Å². The summed E-state index contributed by atoms with van der Waals surface area (Å²) in [6.07, 6.45) is 3.53. The number of benzene rings is 6. The predicted octanol–water partition coefficient (Wildman–Crippen LogP) is 10.4. The molecule has 0 saturated heterocycles. The number of para-hydroxylation sites is 2. The number of aromatic nitrogens is 9. The molecule has 0 aliphatic carbocycles. The van der Waals surface area contributed by atoms with Crippen LogP contribution in [0.1, 0.15) is 9.94 Å². The first-order valence-corrected chi connectivity index (χ1v) is 19.0. The molecule has 0 spiro atoms. The molecule has 300 valence electrons. The van der Waals surface area contributed by atoms with Crippen LogP contribution < -0.4 is 9.47 Å². The molecule has 6 heterocycles. The van der Waals surface area contributed by atoms with E-state index in [9.17, 15) is 0 Å². The molecule has 0 radical (unpaired) electrons. The van der Waals surface area contributed by atoms with Crippen LogP contribution in [0.15, 0.2) is 146 Å². The summed E-state index contributed by atoms with van der Waals surface area (Å²) >= 11 is 0. The minimum Gasteiger partial charge on any atom is -0.509 e. The molecular weight excluding hydrogens is 1140 g/mol. The van der Waals surface area contributed by atoms with Crippen molar-refractivity contribution in [1.29, 1.82) is 0 Å². The third-order valence-corrected chi connectivity index (χ3v) is 10.5. The quantitative estimate of drug-likeness (QED) is 0.145. The van der Waals surface area contributed by atoms with E-state index in [0.29, 0.717) is 34.0 Å². The Morgan fingerprint density at radius 3 is 1.21 bits per heavy atom. The predicted molar refractivity (Wildman–Crippen MR) is 229 cm³/mol. The molecule has 0 aliphatic rings. The second kappa shape index (κ2) is 15.8. The Kier molecular flexibility index (Phi) is 9.07. The summed E-state index contributed by atoms with van der Waals surface area (Å²) in [6, 6.07) is 56.9. The molecule has 0 atom stereocenters. The summed E-state index contributed by atoms with van der Waals surface area (Å²) in [5, 5.41) is 22.0. The third-order valence-electron chi connectivity index (χ3n) is 10.5. The average molecular weight is 1170 g/mol. The number of nitrogens with zero attached hydrogens (tertiary/aromatic N) is 9. The Hall–Kier alpha value is -7.06. The van der Waals surface area contributed by atoms with Crippen molar-refractivity contribution in [2.45, 2.75) is 6.85 Å². The summed E-state index contributed by atoms with van der Waals surface area (Å²) < 4.78 is 42.1. The molecule has 12 rings (SSSR count). The molecule has 0 saturated carbocycles. The average Bonchev–Trinajstić information content (AvgIpc) is 3.94. The van der Waals surface area contributed by atoms with Gasteiger partial charge in [-0.15, -0.1) is 79.7 Å². The summed E-state index contributed by atoms with van der Waals surface area (Å²) in [5.41, 5.74) is 4.62. The molecule has 0 bridgehead atoms. The zero-order chi connectivity index (χ0) is 42.2. The summed E-state index contributed by atoms with van der Waals surface area (Å²) in [6.45, 7) is -2.60. The molecule has 0 fully saturated rings. The van der Waals surface area contributed by atoms with Crippen LogP contribution in [0.2, 0.25) is 0 Å². The fourth-order valence-corrected chi connectivity index (χ4v) is 8.01. The molecule has 62 heavy (non-hydrogen) atoms. The maximum absolute atomic E-state index is 7.80. The Morgan fingerprint density at radius 2 is 0.806 bits per heavy atom. The van der Waals surface area contributed by atoms with E-state index in [-0.39, 0.29) is 48.1 Å². The van der Waals surface area contributed by atoms with Crippen LogP contribution in [-0.4, -0.2) is 44.1 Å². The molecular formula is C49H27N9O2Pt2. The molecule has 6 aromatic heterocycles. The van der Waals surface area contributed by atoms with E-state index in [1.54, 1.807) is 17.0 Å². The monoisotopic (exact) mass is 1170 g/mol. The molecule has 0 aliphatic heterocycles. The fraction of sp³-hybridized carbons (Fsp3) is 0.0204. The van der Waals surface area contributed by atoms with E-state index in [4.69, 9.17) is 13.6 Å². The van der Waals surface area contributed by atoms with Gasteiger partial charge in [0.25, 0.3) is 5.95 Å². The topological polar surface area (TPSA) is 111 Å². The molecule has 6 aromatic carbocycles. The molecule has 11 nitrogen and oxygen atoms in total. The van der Waals surface area contributed by atoms with Gasteiger partial charge in [-0.3, -0.25) is 0 Å². The van der Waals surface area contributed by atoms with Crippen molar-refractivity contribution >= 4 is 65.4 Å². The van der Waals surface area contributed by atoms with E-state index in [2.05, 4.69) is 88.0 Å². The van der Waals surface area contributed by atoms with Gasteiger partial charge in [0.05, 0.1) is 0 Å². The number of fused-ring (bicyclic) bond motifs is 9. The molecule has 0 amide bonds. The van der Waals surface area contributed by atoms with Crippen molar-refractivity contribution in [2.24, 2.45) is 0 Å². The minimum atomic E-state index is -2.60. The Balaban J connectivity index is 0.00000249. The van der Waals surface area contributed by atoms with E-state index >= 15 is 0 Å².